The smallest absolute Gasteiger partial charge is 0.197 e. The number of para-hydroxylation sites is 3. The number of hydrogen-bond acceptors (Lipinski definition) is 5. The van der Waals surface area contributed by atoms with Crippen LogP contribution in [0.5, 0.6) is 34.5 Å². The lowest BCUT2D eigenvalue weighted by Gasteiger charge is -2.14. The molecule has 2 N–H and O–H groups in total. The second-order valence-corrected chi connectivity index (χ2v) is 10.6. The van der Waals surface area contributed by atoms with Crippen LogP contribution in [0, 0.1) is 0 Å². The summed E-state index contributed by atoms with van der Waals surface area (Å²) in [5, 5.41) is 1.74. The Morgan fingerprint density at radius 2 is 0.867 bits per heavy atom. The molecule has 0 atom stereocenters. The normalized spacial score (nSPS) is 11.3. The Morgan fingerprint density at radius 3 is 1.49 bits per heavy atom. The average molecular weight is 589 g/mol. The van der Waals surface area contributed by atoms with E-state index >= 15 is 0 Å². The van der Waals surface area contributed by atoms with Crippen LogP contribution in [0.15, 0.2) is 143 Å². The molecule has 6 aromatic carbocycles. The molecule has 0 bridgehead atoms. The Kier molecular flexibility index (Phi) is 6.27. The van der Waals surface area contributed by atoms with E-state index in [4.69, 9.17) is 14.2 Å². The van der Waals surface area contributed by atoms with Gasteiger partial charge in [0.25, 0.3) is 0 Å². The molecule has 0 saturated carbocycles. The van der Waals surface area contributed by atoms with Crippen LogP contribution < -0.4 is 25.1 Å². The molecule has 2 aromatic heterocycles. The molecule has 2 heterocycles. The highest BCUT2D eigenvalue weighted by Crippen LogP contribution is 2.35. The molecule has 45 heavy (non-hydrogen) atoms. The Balaban J connectivity index is 1.31. The maximum Gasteiger partial charge on any atom is 0.197 e. The van der Waals surface area contributed by atoms with Gasteiger partial charge in [-0.1, -0.05) is 54.6 Å². The van der Waals surface area contributed by atoms with Gasteiger partial charge in [0.2, 0.25) is 0 Å². The number of rotatable bonds is 6. The fourth-order valence-electron chi connectivity index (χ4n) is 5.54. The van der Waals surface area contributed by atoms with Crippen LogP contribution in [0.2, 0.25) is 0 Å². The standard InChI is InChI=1S/C38H24N2O5/c41-37-28-18-26(43-23-10-4-1-5-11-23)16-17-32(28)39-33-21-30-34(22-29(33)37)40-36-31(38(30)42)19-27(44-24-12-6-2-7-13-24)20-35(36)45-25-14-8-3-9-15-25/h1-22H,(H,39,41)(H,40,42). The van der Waals surface area contributed by atoms with Crippen LogP contribution in [0.25, 0.3) is 43.6 Å². The van der Waals surface area contributed by atoms with Gasteiger partial charge in [0, 0.05) is 22.2 Å². The summed E-state index contributed by atoms with van der Waals surface area (Å²) in [4.78, 5) is 34.6. The summed E-state index contributed by atoms with van der Waals surface area (Å²) in [6.07, 6.45) is 0. The first-order valence-electron chi connectivity index (χ1n) is 14.4. The van der Waals surface area contributed by atoms with Crippen molar-refractivity contribution < 1.29 is 14.2 Å². The Bertz CT molecular complexity index is 2490. The molecular formula is C38H24N2O5. The van der Waals surface area contributed by atoms with Gasteiger partial charge in [0.1, 0.15) is 28.7 Å². The minimum Gasteiger partial charge on any atom is -0.457 e. The molecular weight excluding hydrogens is 564 g/mol. The van der Waals surface area contributed by atoms with Gasteiger partial charge in [0.05, 0.1) is 27.5 Å². The van der Waals surface area contributed by atoms with Crippen molar-refractivity contribution in [2.45, 2.75) is 0 Å². The fourth-order valence-corrected chi connectivity index (χ4v) is 5.54. The Hall–Kier alpha value is -6.34. The van der Waals surface area contributed by atoms with Crippen molar-refractivity contribution in [1.82, 2.24) is 9.97 Å². The molecule has 0 amide bonds. The molecule has 216 valence electrons. The van der Waals surface area contributed by atoms with Crippen LogP contribution >= 0.6 is 0 Å². The van der Waals surface area contributed by atoms with Crippen LogP contribution in [0.1, 0.15) is 0 Å². The van der Waals surface area contributed by atoms with Gasteiger partial charge in [-0.3, -0.25) is 9.59 Å². The van der Waals surface area contributed by atoms with Gasteiger partial charge in [-0.15, -0.1) is 0 Å². The third-order valence-electron chi connectivity index (χ3n) is 7.66. The topological polar surface area (TPSA) is 93.4 Å². The summed E-state index contributed by atoms with van der Waals surface area (Å²) in [5.74, 6) is 3.33. The highest BCUT2D eigenvalue weighted by molar-refractivity contribution is 6.04. The molecule has 0 spiro atoms. The van der Waals surface area contributed by atoms with Crippen molar-refractivity contribution in [3.63, 3.8) is 0 Å². The average Bonchev–Trinajstić information content (AvgIpc) is 3.07. The van der Waals surface area contributed by atoms with Crippen molar-refractivity contribution in [3.8, 4) is 34.5 Å². The monoisotopic (exact) mass is 588 g/mol. The molecule has 0 radical (unpaired) electrons. The van der Waals surface area contributed by atoms with Crippen molar-refractivity contribution in [1.29, 1.82) is 0 Å². The van der Waals surface area contributed by atoms with Crippen LogP contribution in [-0.2, 0) is 0 Å². The van der Waals surface area contributed by atoms with E-state index in [1.807, 2.05) is 97.1 Å². The quantitative estimate of drug-likeness (QED) is 0.189. The minimum absolute atomic E-state index is 0.174. The molecule has 8 aromatic rings. The molecule has 8 rings (SSSR count). The summed E-state index contributed by atoms with van der Waals surface area (Å²) in [7, 11) is 0. The fraction of sp³-hybridized carbons (Fsp3) is 0. The molecule has 0 aliphatic rings. The van der Waals surface area contributed by atoms with Crippen molar-refractivity contribution >= 4 is 43.6 Å². The molecule has 0 unspecified atom stereocenters. The number of fused-ring (bicyclic) bond motifs is 4. The predicted octanol–water partition coefficient (Wildman–Crippen LogP) is 9.05. The lowest BCUT2D eigenvalue weighted by Crippen LogP contribution is -2.09. The number of pyridine rings is 2. The molecule has 0 aliphatic heterocycles. The van der Waals surface area contributed by atoms with Crippen molar-refractivity contribution in [2.24, 2.45) is 0 Å². The first-order valence-corrected chi connectivity index (χ1v) is 14.4. The van der Waals surface area contributed by atoms with Gasteiger partial charge >= 0.3 is 0 Å². The van der Waals surface area contributed by atoms with Gasteiger partial charge in [-0.05, 0) is 72.8 Å². The number of H-pyrrole nitrogens is 2. The van der Waals surface area contributed by atoms with E-state index in [1.165, 1.54) is 0 Å². The number of nitrogens with one attached hydrogen (secondary N) is 2. The maximum atomic E-state index is 14.1. The number of aromatic nitrogens is 2. The third-order valence-corrected chi connectivity index (χ3v) is 7.66. The van der Waals surface area contributed by atoms with Crippen LogP contribution in [0.3, 0.4) is 0 Å². The van der Waals surface area contributed by atoms with Crippen molar-refractivity contribution in [3.05, 3.63) is 154 Å². The SMILES string of the molecule is O=c1c2cc(Oc3ccccc3)ccc2[nH]c2cc3c(=O)c4cc(Oc5ccccc5)cc(Oc5ccccc5)c4[nH]c3cc12. The summed E-state index contributed by atoms with van der Waals surface area (Å²) in [6.45, 7) is 0. The van der Waals surface area contributed by atoms with E-state index < -0.39 is 0 Å². The first-order chi connectivity index (χ1) is 22.1. The molecule has 0 saturated heterocycles. The first kappa shape index (κ1) is 26.3. The Morgan fingerprint density at radius 1 is 0.378 bits per heavy atom. The number of ether oxygens (including phenoxy) is 3. The summed E-state index contributed by atoms with van der Waals surface area (Å²) >= 11 is 0. The van der Waals surface area contributed by atoms with Gasteiger partial charge in [0.15, 0.2) is 16.6 Å². The summed E-state index contributed by atoms with van der Waals surface area (Å²) < 4.78 is 18.4. The van der Waals surface area contributed by atoms with Gasteiger partial charge in [-0.2, -0.15) is 0 Å². The largest absolute Gasteiger partial charge is 0.457 e. The maximum absolute atomic E-state index is 14.1. The number of hydrogen-bond donors (Lipinski definition) is 2. The Labute approximate surface area is 255 Å². The third kappa shape index (κ3) is 4.92. The molecule has 0 fully saturated rings. The molecule has 7 nitrogen and oxygen atoms in total. The highest BCUT2D eigenvalue weighted by atomic mass is 16.5. The van der Waals surface area contributed by atoms with E-state index in [-0.39, 0.29) is 10.9 Å². The van der Waals surface area contributed by atoms with E-state index in [1.54, 1.807) is 36.4 Å². The van der Waals surface area contributed by atoms with Crippen molar-refractivity contribution in [2.75, 3.05) is 0 Å². The summed E-state index contributed by atoms with van der Waals surface area (Å²) in [6, 6.07) is 40.3. The zero-order valence-corrected chi connectivity index (χ0v) is 23.7. The molecule has 7 heteroatoms. The van der Waals surface area contributed by atoms with Gasteiger partial charge in [-0.25, -0.2) is 0 Å². The van der Waals surface area contributed by atoms with Crippen LogP contribution in [0.4, 0.5) is 0 Å². The lowest BCUT2D eigenvalue weighted by molar-refractivity contribution is 0.464. The van der Waals surface area contributed by atoms with Crippen LogP contribution in [-0.4, -0.2) is 9.97 Å². The number of aromatic amines is 2. The van der Waals surface area contributed by atoms with E-state index in [0.29, 0.717) is 78.1 Å². The van der Waals surface area contributed by atoms with E-state index in [0.717, 1.165) is 0 Å². The lowest BCUT2D eigenvalue weighted by atomic mass is 10.0. The summed E-state index contributed by atoms with van der Waals surface area (Å²) in [5.41, 5.74) is 1.81. The van der Waals surface area contributed by atoms with E-state index in [9.17, 15) is 9.59 Å². The predicted molar refractivity (Wildman–Crippen MR) is 177 cm³/mol. The number of benzene rings is 6. The minimum atomic E-state index is -0.218. The van der Waals surface area contributed by atoms with E-state index in [2.05, 4.69) is 9.97 Å². The zero-order chi connectivity index (χ0) is 30.3. The highest BCUT2D eigenvalue weighted by Gasteiger charge is 2.16. The second-order valence-electron chi connectivity index (χ2n) is 10.6. The second kappa shape index (κ2) is 10.7. The van der Waals surface area contributed by atoms with Gasteiger partial charge < -0.3 is 24.2 Å². The zero-order valence-electron chi connectivity index (χ0n) is 23.7. The molecule has 0 aliphatic carbocycles.